The highest BCUT2D eigenvalue weighted by Gasteiger charge is 2.35. The van der Waals surface area contributed by atoms with Gasteiger partial charge in [0, 0.05) is 29.2 Å². The molecule has 0 atom stereocenters. The first-order valence-corrected chi connectivity index (χ1v) is 4.75. The van der Waals surface area contributed by atoms with Crippen molar-refractivity contribution in [3.8, 4) is 0 Å². The Morgan fingerprint density at radius 1 is 1.00 bits per heavy atom. The van der Waals surface area contributed by atoms with Crippen molar-refractivity contribution in [1.82, 2.24) is 4.98 Å². The molecule has 2 nitrogen and oxygen atoms in total. The van der Waals surface area contributed by atoms with Crippen molar-refractivity contribution in [2.75, 3.05) is 5.73 Å². The molecule has 0 aliphatic rings. The van der Waals surface area contributed by atoms with E-state index in [1.54, 1.807) is 12.1 Å². The standard InChI is InChI=1S/C12H10F2N2/c13-12(14,9-5-7-16-8-6-9)10-3-1-2-4-11(10)15/h1-8H,15H2. The summed E-state index contributed by atoms with van der Waals surface area (Å²) in [5, 5.41) is 0. The normalized spacial score (nSPS) is 11.4. The number of halogens is 2. The molecule has 0 bridgehead atoms. The molecular weight excluding hydrogens is 210 g/mol. The summed E-state index contributed by atoms with van der Waals surface area (Å²) < 4.78 is 28.1. The predicted molar refractivity (Wildman–Crippen MR) is 58.1 cm³/mol. The van der Waals surface area contributed by atoms with Crippen LogP contribution in [0.25, 0.3) is 0 Å². The lowest BCUT2D eigenvalue weighted by molar-refractivity contribution is 0.0436. The van der Waals surface area contributed by atoms with Gasteiger partial charge in [0.1, 0.15) is 0 Å². The van der Waals surface area contributed by atoms with Gasteiger partial charge in [-0.3, -0.25) is 4.98 Å². The molecule has 4 heteroatoms. The van der Waals surface area contributed by atoms with E-state index in [0.29, 0.717) is 0 Å². The molecule has 0 saturated carbocycles. The van der Waals surface area contributed by atoms with Gasteiger partial charge in [0.2, 0.25) is 0 Å². The van der Waals surface area contributed by atoms with Crippen LogP contribution in [0.2, 0.25) is 0 Å². The third kappa shape index (κ3) is 1.74. The van der Waals surface area contributed by atoms with Crippen LogP contribution in [0.5, 0.6) is 0 Å². The average molecular weight is 220 g/mol. The van der Waals surface area contributed by atoms with Gasteiger partial charge in [0.25, 0.3) is 0 Å². The first-order valence-electron chi connectivity index (χ1n) is 4.75. The molecule has 82 valence electrons. The van der Waals surface area contributed by atoms with Gasteiger partial charge in [-0.05, 0) is 18.2 Å². The minimum atomic E-state index is -3.09. The molecule has 2 rings (SSSR count). The molecule has 0 fully saturated rings. The van der Waals surface area contributed by atoms with Crippen LogP contribution in [0.3, 0.4) is 0 Å². The second kappa shape index (κ2) is 3.89. The van der Waals surface area contributed by atoms with Crippen LogP contribution >= 0.6 is 0 Å². The van der Waals surface area contributed by atoms with Crippen LogP contribution in [0.15, 0.2) is 48.8 Å². The molecule has 0 amide bonds. The highest BCUT2D eigenvalue weighted by molar-refractivity contribution is 5.51. The first kappa shape index (κ1) is 10.5. The number of hydrogen-bond acceptors (Lipinski definition) is 2. The minimum Gasteiger partial charge on any atom is -0.398 e. The highest BCUT2D eigenvalue weighted by atomic mass is 19.3. The molecule has 0 aliphatic heterocycles. The van der Waals surface area contributed by atoms with Crippen molar-refractivity contribution in [2.45, 2.75) is 5.92 Å². The highest BCUT2D eigenvalue weighted by Crippen LogP contribution is 2.37. The molecule has 0 spiro atoms. The van der Waals surface area contributed by atoms with Crippen molar-refractivity contribution < 1.29 is 8.78 Å². The second-order valence-electron chi connectivity index (χ2n) is 3.40. The molecule has 2 aromatic rings. The summed E-state index contributed by atoms with van der Waals surface area (Å²) in [6.45, 7) is 0. The third-order valence-electron chi connectivity index (χ3n) is 2.34. The van der Waals surface area contributed by atoms with Crippen LogP contribution in [0.1, 0.15) is 11.1 Å². The zero-order valence-electron chi connectivity index (χ0n) is 8.40. The van der Waals surface area contributed by atoms with E-state index < -0.39 is 5.92 Å². The lowest BCUT2D eigenvalue weighted by Gasteiger charge is -2.18. The smallest absolute Gasteiger partial charge is 0.300 e. The summed E-state index contributed by atoms with van der Waals surface area (Å²) in [5.74, 6) is -3.09. The summed E-state index contributed by atoms with van der Waals surface area (Å²) in [6, 6.07) is 8.53. The fourth-order valence-electron chi connectivity index (χ4n) is 1.50. The van der Waals surface area contributed by atoms with Gasteiger partial charge in [-0.15, -0.1) is 0 Å². The molecule has 2 N–H and O–H groups in total. The fraction of sp³-hybridized carbons (Fsp3) is 0.0833. The Morgan fingerprint density at radius 3 is 2.25 bits per heavy atom. The molecule has 16 heavy (non-hydrogen) atoms. The number of hydrogen-bond donors (Lipinski definition) is 1. The quantitative estimate of drug-likeness (QED) is 0.790. The number of nitrogens with zero attached hydrogens (tertiary/aromatic N) is 1. The zero-order chi connectivity index (χ0) is 11.6. The summed E-state index contributed by atoms with van der Waals surface area (Å²) in [4.78, 5) is 3.71. The second-order valence-corrected chi connectivity index (χ2v) is 3.40. The van der Waals surface area contributed by atoms with Crippen LogP contribution < -0.4 is 5.73 Å². The Kier molecular flexibility index (Phi) is 2.56. The van der Waals surface area contributed by atoms with E-state index in [-0.39, 0.29) is 16.8 Å². The van der Waals surface area contributed by atoms with E-state index in [0.717, 1.165) is 0 Å². The number of anilines is 1. The van der Waals surface area contributed by atoms with E-state index in [1.165, 1.54) is 36.7 Å². The molecular formula is C12H10F2N2. The Bertz CT molecular complexity index is 483. The summed E-state index contributed by atoms with van der Waals surface area (Å²) in [7, 11) is 0. The topological polar surface area (TPSA) is 38.9 Å². The molecule has 0 aliphatic carbocycles. The van der Waals surface area contributed by atoms with Crippen molar-refractivity contribution in [3.63, 3.8) is 0 Å². The van der Waals surface area contributed by atoms with Crippen molar-refractivity contribution in [3.05, 3.63) is 59.9 Å². The lowest BCUT2D eigenvalue weighted by Crippen LogP contribution is -2.17. The summed E-state index contributed by atoms with van der Waals surface area (Å²) in [6.07, 6.45) is 2.67. The van der Waals surface area contributed by atoms with Gasteiger partial charge < -0.3 is 5.73 Å². The maximum Gasteiger partial charge on any atom is 0.300 e. The Balaban J connectivity index is 2.51. The molecule has 0 saturated heterocycles. The summed E-state index contributed by atoms with van der Waals surface area (Å²) in [5.41, 5.74) is 5.35. The number of alkyl halides is 2. The maximum absolute atomic E-state index is 14.0. The van der Waals surface area contributed by atoms with E-state index in [2.05, 4.69) is 4.98 Å². The van der Waals surface area contributed by atoms with Gasteiger partial charge in [-0.2, -0.15) is 8.78 Å². The van der Waals surface area contributed by atoms with Crippen molar-refractivity contribution in [2.24, 2.45) is 0 Å². The van der Waals surface area contributed by atoms with Crippen LogP contribution in [0.4, 0.5) is 14.5 Å². The largest absolute Gasteiger partial charge is 0.398 e. The monoisotopic (exact) mass is 220 g/mol. The molecule has 1 aromatic carbocycles. The van der Waals surface area contributed by atoms with Gasteiger partial charge in [-0.1, -0.05) is 18.2 Å². The number of nitrogen functional groups attached to an aromatic ring is 1. The molecule has 0 radical (unpaired) electrons. The minimum absolute atomic E-state index is 0.0873. The Hall–Kier alpha value is -1.97. The predicted octanol–water partition coefficient (Wildman–Crippen LogP) is 2.80. The van der Waals surface area contributed by atoms with Crippen molar-refractivity contribution >= 4 is 5.69 Å². The Morgan fingerprint density at radius 2 is 1.62 bits per heavy atom. The van der Waals surface area contributed by atoms with E-state index >= 15 is 0 Å². The van der Waals surface area contributed by atoms with E-state index in [9.17, 15) is 8.78 Å². The number of pyridine rings is 1. The molecule has 1 heterocycles. The van der Waals surface area contributed by atoms with Crippen LogP contribution in [0, 0.1) is 0 Å². The van der Waals surface area contributed by atoms with Crippen LogP contribution in [-0.4, -0.2) is 4.98 Å². The van der Waals surface area contributed by atoms with E-state index in [4.69, 9.17) is 5.73 Å². The molecule has 1 aromatic heterocycles. The zero-order valence-corrected chi connectivity index (χ0v) is 8.40. The average Bonchev–Trinajstić information content (AvgIpc) is 2.30. The number of para-hydroxylation sites is 1. The van der Waals surface area contributed by atoms with Gasteiger partial charge in [0.15, 0.2) is 0 Å². The Labute approximate surface area is 91.7 Å². The fourth-order valence-corrected chi connectivity index (χ4v) is 1.50. The maximum atomic E-state index is 14.0. The van der Waals surface area contributed by atoms with Crippen molar-refractivity contribution in [1.29, 1.82) is 0 Å². The molecule has 0 unspecified atom stereocenters. The number of rotatable bonds is 2. The number of nitrogens with two attached hydrogens (primary N) is 1. The third-order valence-corrected chi connectivity index (χ3v) is 2.34. The SMILES string of the molecule is Nc1ccccc1C(F)(F)c1ccncc1. The van der Waals surface area contributed by atoms with E-state index in [1.807, 2.05) is 0 Å². The first-order chi connectivity index (χ1) is 7.62. The van der Waals surface area contributed by atoms with Gasteiger partial charge in [-0.25, -0.2) is 0 Å². The van der Waals surface area contributed by atoms with Gasteiger partial charge >= 0.3 is 5.92 Å². The summed E-state index contributed by atoms with van der Waals surface area (Å²) >= 11 is 0. The lowest BCUT2D eigenvalue weighted by atomic mass is 10.00. The van der Waals surface area contributed by atoms with Crippen LogP contribution in [-0.2, 0) is 5.92 Å². The van der Waals surface area contributed by atoms with Gasteiger partial charge in [0.05, 0.1) is 0 Å². The number of aromatic nitrogens is 1. The number of benzene rings is 1.